The molecule has 1 amide bonds. The third-order valence-corrected chi connectivity index (χ3v) is 4.28. The second-order valence-corrected chi connectivity index (χ2v) is 5.89. The van der Waals surface area contributed by atoms with Gasteiger partial charge in [-0.15, -0.1) is 10.2 Å². The highest BCUT2D eigenvalue weighted by molar-refractivity contribution is 5.91. The van der Waals surface area contributed by atoms with E-state index in [0.29, 0.717) is 11.7 Å². The first kappa shape index (κ1) is 13.3. The van der Waals surface area contributed by atoms with Crippen LogP contribution in [-0.4, -0.2) is 65.7 Å². The number of fused-ring (bicyclic) bond motifs is 3. The molecule has 3 aliphatic heterocycles. The van der Waals surface area contributed by atoms with Crippen molar-refractivity contribution in [2.45, 2.75) is 18.9 Å². The van der Waals surface area contributed by atoms with Crippen molar-refractivity contribution in [3.63, 3.8) is 0 Å². The summed E-state index contributed by atoms with van der Waals surface area (Å²) in [4.78, 5) is 15.7. The van der Waals surface area contributed by atoms with Crippen LogP contribution in [0.1, 0.15) is 23.3 Å². The summed E-state index contributed by atoms with van der Waals surface area (Å²) in [6, 6.07) is 4.04. The van der Waals surface area contributed by atoms with E-state index in [4.69, 9.17) is 0 Å². The maximum atomic E-state index is 11.7. The summed E-state index contributed by atoms with van der Waals surface area (Å²) < 4.78 is 0. The average molecular weight is 275 g/mol. The minimum Gasteiger partial charge on any atom is -0.364 e. The number of hydrogen-bond acceptors (Lipinski definition) is 5. The van der Waals surface area contributed by atoms with Gasteiger partial charge in [-0.25, -0.2) is 0 Å². The van der Waals surface area contributed by atoms with Crippen molar-refractivity contribution in [1.29, 1.82) is 0 Å². The molecule has 3 fully saturated rings. The molecular weight excluding hydrogens is 254 g/mol. The highest BCUT2D eigenvalue weighted by Gasteiger charge is 2.34. The average Bonchev–Trinajstić information content (AvgIpc) is 2.48. The van der Waals surface area contributed by atoms with Gasteiger partial charge in [-0.2, -0.15) is 0 Å². The Hall–Kier alpha value is -1.69. The van der Waals surface area contributed by atoms with Crippen LogP contribution in [0.25, 0.3) is 0 Å². The molecule has 6 nitrogen and oxygen atoms in total. The molecule has 108 valence electrons. The molecule has 4 heterocycles. The highest BCUT2D eigenvalue weighted by atomic mass is 16.2. The molecule has 20 heavy (non-hydrogen) atoms. The molecule has 0 saturated carbocycles. The van der Waals surface area contributed by atoms with Gasteiger partial charge < -0.3 is 15.1 Å². The lowest BCUT2D eigenvalue weighted by molar-refractivity contribution is 0.0820. The van der Waals surface area contributed by atoms with E-state index in [1.54, 1.807) is 20.2 Å². The third-order valence-electron chi connectivity index (χ3n) is 4.28. The minimum atomic E-state index is -0.119. The lowest BCUT2D eigenvalue weighted by Crippen LogP contribution is -2.53. The second kappa shape index (κ2) is 5.36. The van der Waals surface area contributed by atoms with Crippen molar-refractivity contribution in [3.8, 4) is 0 Å². The van der Waals surface area contributed by atoms with Gasteiger partial charge in [0.05, 0.1) is 0 Å². The Kier molecular flexibility index (Phi) is 3.56. The van der Waals surface area contributed by atoms with Gasteiger partial charge in [0.1, 0.15) is 5.82 Å². The van der Waals surface area contributed by atoms with E-state index in [0.717, 1.165) is 18.3 Å². The Morgan fingerprint density at radius 3 is 2.55 bits per heavy atom. The third kappa shape index (κ3) is 2.60. The smallest absolute Gasteiger partial charge is 0.273 e. The zero-order valence-electron chi connectivity index (χ0n) is 12.0. The van der Waals surface area contributed by atoms with Crippen molar-refractivity contribution >= 4 is 11.7 Å². The fraction of sp³-hybridized carbons (Fsp3) is 0.643. The topological polar surface area (TPSA) is 61.4 Å². The van der Waals surface area contributed by atoms with Gasteiger partial charge in [0.2, 0.25) is 0 Å². The van der Waals surface area contributed by atoms with Crippen molar-refractivity contribution in [2.24, 2.45) is 5.92 Å². The van der Waals surface area contributed by atoms with Crippen LogP contribution in [0.5, 0.6) is 0 Å². The fourth-order valence-corrected chi connectivity index (χ4v) is 3.07. The van der Waals surface area contributed by atoms with Gasteiger partial charge in [0.25, 0.3) is 5.91 Å². The van der Waals surface area contributed by atoms with E-state index in [1.165, 1.54) is 30.8 Å². The van der Waals surface area contributed by atoms with Gasteiger partial charge >= 0.3 is 0 Å². The van der Waals surface area contributed by atoms with Crippen molar-refractivity contribution < 1.29 is 4.79 Å². The molecule has 2 bridgehead atoms. The number of anilines is 1. The molecule has 1 aromatic heterocycles. The molecule has 0 aliphatic carbocycles. The Labute approximate surface area is 119 Å². The zero-order chi connectivity index (χ0) is 14.1. The lowest BCUT2D eigenvalue weighted by atomic mass is 9.84. The molecule has 3 aliphatic rings. The van der Waals surface area contributed by atoms with Crippen LogP contribution < -0.4 is 5.32 Å². The molecule has 1 N–H and O–H groups in total. The highest BCUT2D eigenvalue weighted by Crippen LogP contribution is 2.29. The number of amides is 1. The largest absolute Gasteiger partial charge is 0.364 e. The summed E-state index contributed by atoms with van der Waals surface area (Å²) in [7, 11) is 3.42. The molecule has 0 spiro atoms. The number of carbonyl (C=O) groups excluding carboxylic acids is 1. The van der Waals surface area contributed by atoms with Crippen LogP contribution in [-0.2, 0) is 0 Å². The lowest BCUT2D eigenvalue weighted by Gasteiger charge is -2.45. The first-order valence-corrected chi connectivity index (χ1v) is 7.18. The monoisotopic (exact) mass is 275 g/mol. The predicted molar refractivity (Wildman–Crippen MR) is 76.6 cm³/mol. The fourth-order valence-electron chi connectivity index (χ4n) is 3.07. The number of nitrogens with zero attached hydrogens (tertiary/aromatic N) is 4. The van der Waals surface area contributed by atoms with Gasteiger partial charge in [0, 0.05) is 26.7 Å². The summed E-state index contributed by atoms with van der Waals surface area (Å²) in [5, 5.41) is 11.6. The van der Waals surface area contributed by atoms with E-state index in [-0.39, 0.29) is 5.91 Å². The Balaban J connectivity index is 1.65. The van der Waals surface area contributed by atoms with Crippen LogP contribution in [0.2, 0.25) is 0 Å². The van der Waals surface area contributed by atoms with Crippen molar-refractivity contribution in [2.75, 3.05) is 39.0 Å². The van der Waals surface area contributed by atoms with Crippen LogP contribution in [0, 0.1) is 5.92 Å². The number of piperidine rings is 3. The second-order valence-electron chi connectivity index (χ2n) is 5.89. The minimum absolute atomic E-state index is 0.119. The normalized spacial score (nSPS) is 28.2. The molecular formula is C14H21N5O. The van der Waals surface area contributed by atoms with Gasteiger partial charge in [-0.3, -0.25) is 4.79 Å². The van der Waals surface area contributed by atoms with Gasteiger partial charge in [-0.1, -0.05) is 0 Å². The number of aromatic nitrogens is 2. The molecule has 1 atom stereocenters. The van der Waals surface area contributed by atoms with Crippen molar-refractivity contribution in [3.05, 3.63) is 17.8 Å². The summed E-state index contributed by atoms with van der Waals surface area (Å²) in [6.45, 7) is 3.54. The first-order chi connectivity index (χ1) is 9.63. The molecule has 1 aromatic rings. The standard InChI is InChI=1S/C14H21N5O/c1-18(2)14(20)11-3-4-13(17-16-11)15-12-9-19-7-5-10(12)6-8-19/h3-4,10,12H,5-9H2,1-2H3,(H,15,17). The van der Waals surface area contributed by atoms with E-state index < -0.39 is 0 Å². The van der Waals surface area contributed by atoms with Crippen LogP contribution in [0.3, 0.4) is 0 Å². The molecule has 0 radical (unpaired) electrons. The Morgan fingerprint density at radius 2 is 2.05 bits per heavy atom. The molecule has 6 heteroatoms. The number of carbonyl (C=O) groups is 1. The summed E-state index contributed by atoms with van der Waals surface area (Å²) in [5.41, 5.74) is 0.384. The maximum absolute atomic E-state index is 11.7. The summed E-state index contributed by atoms with van der Waals surface area (Å²) in [5.74, 6) is 1.39. The molecule has 4 rings (SSSR count). The van der Waals surface area contributed by atoms with Crippen LogP contribution in [0.15, 0.2) is 12.1 Å². The number of hydrogen-bond donors (Lipinski definition) is 1. The maximum Gasteiger partial charge on any atom is 0.273 e. The predicted octanol–water partition coefficient (Wildman–Crippen LogP) is 0.684. The zero-order valence-corrected chi connectivity index (χ0v) is 12.0. The molecule has 0 aromatic carbocycles. The quantitative estimate of drug-likeness (QED) is 0.879. The summed E-state index contributed by atoms with van der Waals surface area (Å²) >= 11 is 0. The van der Waals surface area contributed by atoms with Gasteiger partial charge in [-0.05, 0) is 44.0 Å². The van der Waals surface area contributed by atoms with Crippen molar-refractivity contribution in [1.82, 2.24) is 20.0 Å². The molecule has 3 saturated heterocycles. The van der Waals surface area contributed by atoms with E-state index in [1.807, 2.05) is 6.07 Å². The van der Waals surface area contributed by atoms with E-state index >= 15 is 0 Å². The number of nitrogens with one attached hydrogen (secondary N) is 1. The van der Waals surface area contributed by atoms with Crippen LogP contribution in [0.4, 0.5) is 5.82 Å². The van der Waals surface area contributed by atoms with E-state index in [9.17, 15) is 4.79 Å². The van der Waals surface area contributed by atoms with Crippen LogP contribution >= 0.6 is 0 Å². The number of rotatable bonds is 3. The Bertz CT molecular complexity index is 479. The van der Waals surface area contributed by atoms with E-state index in [2.05, 4.69) is 20.4 Å². The van der Waals surface area contributed by atoms with Gasteiger partial charge in [0.15, 0.2) is 5.69 Å². The SMILES string of the molecule is CN(C)C(=O)c1ccc(NC2CN3CCC2CC3)nn1. The first-order valence-electron chi connectivity index (χ1n) is 7.18. The Morgan fingerprint density at radius 1 is 1.30 bits per heavy atom. The molecule has 1 unspecified atom stereocenters. The summed E-state index contributed by atoms with van der Waals surface area (Å²) in [6.07, 6.45) is 2.53.